The van der Waals surface area contributed by atoms with Crippen LogP contribution in [-0.2, 0) is 11.2 Å². The highest BCUT2D eigenvalue weighted by atomic mass is 19.3. The van der Waals surface area contributed by atoms with Gasteiger partial charge in [-0.1, -0.05) is 12.1 Å². The molecule has 0 aromatic heterocycles. The highest BCUT2D eigenvalue weighted by Gasteiger charge is 2.05. The molecule has 0 saturated carbocycles. The van der Waals surface area contributed by atoms with E-state index in [0.717, 1.165) is 18.4 Å². The first-order valence-corrected chi connectivity index (χ1v) is 6.96. The van der Waals surface area contributed by atoms with Gasteiger partial charge in [-0.3, -0.25) is 4.79 Å². The van der Waals surface area contributed by atoms with Gasteiger partial charge in [-0.25, -0.2) is 0 Å². The minimum atomic E-state index is -2.80. The van der Waals surface area contributed by atoms with E-state index in [9.17, 15) is 13.6 Å². The number of nitrogens with one attached hydrogen (secondary N) is 1. The summed E-state index contributed by atoms with van der Waals surface area (Å²) < 4.78 is 28.3. The molecule has 0 fully saturated rings. The summed E-state index contributed by atoms with van der Waals surface area (Å²) >= 11 is 0. The van der Waals surface area contributed by atoms with E-state index in [0.29, 0.717) is 13.0 Å². The van der Waals surface area contributed by atoms with Crippen LogP contribution in [0.25, 0.3) is 0 Å². The van der Waals surface area contributed by atoms with Crippen LogP contribution in [0.3, 0.4) is 0 Å². The Kier molecular flexibility index (Phi) is 7.68. The molecule has 1 aromatic rings. The first-order valence-electron chi connectivity index (χ1n) is 6.96. The zero-order valence-corrected chi connectivity index (χ0v) is 12.0. The quantitative estimate of drug-likeness (QED) is 0.652. The van der Waals surface area contributed by atoms with Gasteiger partial charge in [0.05, 0.1) is 0 Å². The third-order valence-electron chi connectivity index (χ3n) is 3.07. The number of benzene rings is 1. The zero-order chi connectivity index (χ0) is 15.7. The topological polar surface area (TPSA) is 58.6 Å². The molecule has 0 spiro atoms. The second-order valence-corrected chi connectivity index (χ2v) is 4.91. The maximum atomic E-state index is 12.0. The normalized spacial score (nSPS) is 12.4. The fourth-order valence-electron chi connectivity index (χ4n) is 1.91. The van der Waals surface area contributed by atoms with Crippen LogP contribution in [0.4, 0.5) is 8.78 Å². The molecule has 0 amide bonds. The number of alkyl halides is 2. The highest BCUT2D eigenvalue weighted by molar-refractivity contribution is 5.66. The second kappa shape index (κ2) is 9.28. The van der Waals surface area contributed by atoms with Crippen LogP contribution in [0.1, 0.15) is 31.7 Å². The molecule has 0 aliphatic rings. The van der Waals surface area contributed by atoms with E-state index in [1.165, 1.54) is 12.1 Å². The van der Waals surface area contributed by atoms with E-state index in [1.54, 1.807) is 12.1 Å². The van der Waals surface area contributed by atoms with Gasteiger partial charge in [0, 0.05) is 12.5 Å². The lowest BCUT2D eigenvalue weighted by atomic mass is 10.1. The third kappa shape index (κ3) is 8.24. The van der Waals surface area contributed by atoms with Crippen molar-refractivity contribution in [2.45, 2.75) is 45.3 Å². The monoisotopic (exact) mass is 301 g/mol. The average molecular weight is 301 g/mol. The lowest BCUT2D eigenvalue weighted by Gasteiger charge is -2.13. The summed E-state index contributed by atoms with van der Waals surface area (Å²) in [6.07, 6.45) is 2.49. The van der Waals surface area contributed by atoms with Crippen molar-refractivity contribution < 1.29 is 23.4 Å². The molecule has 1 aromatic carbocycles. The summed E-state index contributed by atoms with van der Waals surface area (Å²) in [6, 6.07) is 6.89. The van der Waals surface area contributed by atoms with Crippen LogP contribution >= 0.6 is 0 Å². The highest BCUT2D eigenvalue weighted by Crippen LogP contribution is 2.16. The number of halogens is 2. The number of aryl methyl sites for hydroxylation is 1. The Hall–Kier alpha value is -1.69. The van der Waals surface area contributed by atoms with E-state index in [2.05, 4.69) is 10.1 Å². The SMILES string of the molecule is CC(CCc1ccc(OC(F)F)cc1)NCCCC(=O)O. The van der Waals surface area contributed by atoms with Gasteiger partial charge in [0.2, 0.25) is 0 Å². The van der Waals surface area contributed by atoms with Crippen molar-refractivity contribution in [2.24, 2.45) is 0 Å². The van der Waals surface area contributed by atoms with Crippen molar-refractivity contribution >= 4 is 5.97 Å². The predicted octanol–water partition coefficient (Wildman–Crippen LogP) is 3.06. The molecular weight excluding hydrogens is 280 g/mol. The zero-order valence-electron chi connectivity index (χ0n) is 12.0. The van der Waals surface area contributed by atoms with Gasteiger partial charge < -0.3 is 15.2 Å². The van der Waals surface area contributed by atoms with Gasteiger partial charge >= 0.3 is 12.6 Å². The molecular formula is C15H21F2NO3. The smallest absolute Gasteiger partial charge is 0.387 e. The lowest BCUT2D eigenvalue weighted by Crippen LogP contribution is -2.27. The average Bonchev–Trinajstić information content (AvgIpc) is 2.42. The fraction of sp³-hybridized carbons (Fsp3) is 0.533. The van der Waals surface area contributed by atoms with Crippen LogP contribution in [-0.4, -0.2) is 30.3 Å². The Bertz CT molecular complexity index is 423. The minimum absolute atomic E-state index is 0.161. The molecule has 4 nitrogen and oxygen atoms in total. The number of aliphatic carboxylic acids is 1. The molecule has 2 N–H and O–H groups in total. The number of hydrogen-bond acceptors (Lipinski definition) is 3. The van der Waals surface area contributed by atoms with Gasteiger partial charge in [0.15, 0.2) is 0 Å². The van der Waals surface area contributed by atoms with E-state index in [4.69, 9.17) is 5.11 Å². The Balaban J connectivity index is 2.23. The summed E-state index contributed by atoms with van der Waals surface area (Å²) in [4.78, 5) is 10.4. The van der Waals surface area contributed by atoms with E-state index in [-0.39, 0.29) is 18.2 Å². The largest absolute Gasteiger partial charge is 0.481 e. The second-order valence-electron chi connectivity index (χ2n) is 4.91. The number of carboxylic acid groups (broad SMARTS) is 1. The number of carbonyl (C=O) groups is 1. The Morgan fingerprint density at radius 1 is 1.33 bits per heavy atom. The molecule has 1 rings (SSSR count). The summed E-state index contributed by atoms with van der Waals surface area (Å²) in [5.74, 6) is -0.621. The van der Waals surface area contributed by atoms with Crippen LogP contribution in [0, 0.1) is 0 Å². The molecule has 0 aliphatic heterocycles. The Morgan fingerprint density at radius 3 is 2.57 bits per heavy atom. The molecule has 118 valence electrons. The number of carboxylic acids is 1. The number of hydrogen-bond donors (Lipinski definition) is 2. The van der Waals surface area contributed by atoms with E-state index < -0.39 is 12.6 Å². The fourth-order valence-corrected chi connectivity index (χ4v) is 1.91. The van der Waals surface area contributed by atoms with Gasteiger partial charge in [-0.2, -0.15) is 8.78 Å². The standard InChI is InChI=1S/C15H21F2NO3/c1-11(18-10-2-3-14(19)20)4-5-12-6-8-13(9-7-12)21-15(16)17/h6-9,11,15,18H,2-5,10H2,1H3,(H,19,20). The van der Waals surface area contributed by atoms with Gasteiger partial charge in [-0.15, -0.1) is 0 Å². The van der Waals surface area contributed by atoms with Crippen molar-refractivity contribution in [3.05, 3.63) is 29.8 Å². The summed E-state index contributed by atoms with van der Waals surface area (Å²) in [7, 11) is 0. The van der Waals surface area contributed by atoms with Gasteiger partial charge in [-0.05, 0) is 50.4 Å². The molecule has 0 aliphatic carbocycles. The molecule has 1 unspecified atom stereocenters. The number of rotatable bonds is 10. The molecule has 6 heteroatoms. The van der Waals surface area contributed by atoms with Crippen molar-refractivity contribution in [3.8, 4) is 5.75 Å². The first-order chi connectivity index (χ1) is 9.97. The maximum Gasteiger partial charge on any atom is 0.387 e. The van der Waals surface area contributed by atoms with Crippen molar-refractivity contribution in [1.82, 2.24) is 5.32 Å². The first kappa shape index (κ1) is 17.4. The molecule has 0 saturated heterocycles. The lowest BCUT2D eigenvalue weighted by molar-refractivity contribution is -0.137. The summed E-state index contributed by atoms with van der Waals surface area (Å²) in [6.45, 7) is -0.0881. The molecule has 0 heterocycles. The van der Waals surface area contributed by atoms with Gasteiger partial charge in [0.25, 0.3) is 0 Å². The van der Waals surface area contributed by atoms with E-state index >= 15 is 0 Å². The molecule has 0 bridgehead atoms. The van der Waals surface area contributed by atoms with Crippen molar-refractivity contribution in [2.75, 3.05) is 6.54 Å². The Morgan fingerprint density at radius 2 is 2.00 bits per heavy atom. The Labute approximate surface area is 123 Å². The van der Waals surface area contributed by atoms with Crippen LogP contribution in [0.15, 0.2) is 24.3 Å². The van der Waals surface area contributed by atoms with Crippen molar-refractivity contribution in [3.63, 3.8) is 0 Å². The predicted molar refractivity (Wildman–Crippen MR) is 75.7 cm³/mol. The molecule has 0 radical (unpaired) electrons. The third-order valence-corrected chi connectivity index (χ3v) is 3.07. The van der Waals surface area contributed by atoms with Gasteiger partial charge in [0.1, 0.15) is 5.75 Å². The molecule has 21 heavy (non-hydrogen) atoms. The molecule has 1 atom stereocenters. The summed E-state index contributed by atoms with van der Waals surface area (Å²) in [5.41, 5.74) is 1.05. The maximum absolute atomic E-state index is 12.0. The summed E-state index contributed by atoms with van der Waals surface area (Å²) in [5, 5.41) is 11.8. The number of ether oxygens (including phenoxy) is 1. The minimum Gasteiger partial charge on any atom is -0.481 e. The van der Waals surface area contributed by atoms with Crippen molar-refractivity contribution in [1.29, 1.82) is 0 Å². The van der Waals surface area contributed by atoms with Crippen LogP contribution in [0.2, 0.25) is 0 Å². The van der Waals surface area contributed by atoms with Crippen LogP contribution in [0.5, 0.6) is 5.75 Å². The van der Waals surface area contributed by atoms with E-state index in [1.807, 2.05) is 6.92 Å². The van der Waals surface area contributed by atoms with Crippen LogP contribution < -0.4 is 10.1 Å².